The highest BCUT2D eigenvalue weighted by Gasteiger charge is 2.60. The molecule has 3 nitrogen and oxygen atoms in total. The number of amidine groups is 1. The molecular formula is C17H25ClN2O. The molecule has 0 saturated heterocycles. The molecule has 0 aliphatic heterocycles. The van der Waals surface area contributed by atoms with Crippen LogP contribution < -0.4 is 5.73 Å². The average molecular weight is 309 g/mol. The number of nitrogens with two attached hydrogens (primary N) is 1. The number of hydrogen-bond donors (Lipinski definition) is 2. The summed E-state index contributed by atoms with van der Waals surface area (Å²) in [4.78, 5) is 11.6. The standard InChI is InChI=1S/C15H19ClO.C2H6N2/c1-5-10-6-11(8-12(16)7-10)14-13(9(2)17)15(14,3)4;1-2(3)4/h6-8,13-14H,5H2,1-4H3;1H3,(H3,3,4). The first-order valence-corrected chi connectivity index (χ1v) is 7.59. The Labute approximate surface area is 132 Å². The van der Waals surface area contributed by atoms with Gasteiger partial charge in [-0.1, -0.05) is 38.4 Å². The van der Waals surface area contributed by atoms with Gasteiger partial charge < -0.3 is 5.73 Å². The lowest BCUT2D eigenvalue weighted by Gasteiger charge is -2.06. The molecule has 1 aromatic rings. The SMILES string of the molecule is CC(=N)N.CCc1cc(Cl)cc(C2C(C(C)=O)C2(C)C)c1. The van der Waals surface area contributed by atoms with Crippen LogP contribution in [0.3, 0.4) is 0 Å². The van der Waals surface area contributed by atoms with Gasteiger partial charge in [0.1, 0.15) is 5.78 Å². The van der Waals surface area contributed by atoms with Crippen molar-refractivity contribution in [3.8, 4) is 0 Å². The Morgan fingerprint density at radius 1 is 1.33 bits per heavy atom. The Morgan fingerprint density at radius 3 is 2.24 bits per heavy atom. The van der Waals surface area contributed by atoms with Crippen molar-refractivity contribution in [2.75, 3.05) is 0 Å². The first kappa shape index (κ1) is 17.7. The second-order valence-corrected chi connectivity index (χ2v) is 6.75. The van der Waals surface area contributed by atoms with Crippen molar-refractivity contribution >= 4 is 23.2 Å². The average Bonchev–Trinajstić information content (AvgIpc) is 2.91. The second-order valence-electron chi connectivity index (χ2n) is 6.32. The lowest BCUT2D eigenvalue weighted by Crippen LogP contribution is -2.00. The fourth-order valence-electron chi connectivity index (χ4n) is 3.08. The summed E-state index contributed by atoms with van der Waals surface area (Å²) in [5.74, 6) is 0.952. The minimum absolute atomic E-state index is 0.0848. The molecule has 3 N–H and O–H groups in total. The van der Waals surface area contributed by atoms with E-state index in [9.17, 15) is 4.79 Å². The predicted octanol–water partition coefficient (Wildman–Crippen LogP) is 4.17. The van der Waals surface area contributed by atoms with Crippen molar-refractivity contribution < 1.29 is 4.79 Å². The summed E-state index contributed by atoms with van der Waals surface area (Å²) >= 11 is 6.14. The van der Waals surface area contributed by atoms with Gasteiger partial charge in [0, 0.05) is 10.9 Å². The number of nitrogens with one attached hydrogen (secondary N) is 1. The Balaban J connectivity index is 0.000000491. The lowest BCUT2D eigenvalue weighted by atomic mass is 10.0. The number of hydrogen-bond acceptors (Lipinski definition) is 2. The summed E-state index contributed by atoms with van der Waals surface area (Å²) in [5.41, 5.74) is 7.25. The Kier molecular flexibility index (Phi) is 5.57. The summed E-state index contributed by atoms with van der Waals surface area (Å²) in [6.07, 6.45) is 0.978. The number of rotatable bonds is 3. The molecule has 0 heterocycles. The molecule has 0 aromatic heterocycles. The molecule has 1 aliphatic rings. The van der Waals surface area contributed by atoms with E-state index < -0.39 is 0 Å². The molecular weight excluding hydrogens is 284 g/mol. The van der Waals surface area contributed by atoms with Gasteiger partial charge >= 0.3 is 0 Å². The van der Waals surface area contributed by atoms with Gasteiger partial charge in [-0.15, -0.1) is 0 Å². The van der Waals surface area contributed by atoms with E-state index in [0.29, 0.717) is 5.92 Å². The normalized spacial score (nSPS) is 22.0. The first-order valence-electron chi connectivity index (χ1n) is 7.21. The second kappa shape index (κ2) is 6.61. The van der Waals surface area contributed by atoms with E-state index in [1.807, 2.05) is 12.1 Å². The van der Waals surface area contributed by atoms with Crippen LogP contribution in [0.5, 0.6) is 0 Å². The fourth-order valence-corrected chi connectivity index (χ4v) is 3.34. The molecule has 2 unspecified atom stereocenters. The zero-order valence-electron chi connectivity index (χ0n) is 13.5. The summed E-state index contributed by atoms with van der Waals surface area (Å²) in [6, 6.07) is 6.21. The van der Waals surface area contributed by atoms with Gasteiger partial charge in [-0.3, -0.25) is 10.2 Å². The largest absolute Gasteiger partial charge is 0.388 e. The Bertz CT molecular complexity index is 548. The van der Waals surface area contributed by atoms with Gasteiger partial charge in [0.05, 0.1) is 5.84 Å². The minimum Gasteiger partial charge on any atom is -0.388 e. The molecule has 0 spiro atoms. The molecule has 1 aromatic carbocycles. The third kappa shape index (κ3) is 4.31. The van der Waals surface area contributed by atoms with Crippen LogP contribution in [0.4, 0.5) is 0 Å². The maximum Gasteiger partial charge on any atom is 0.134 e. The highest BCUT2D eigenvalue weighted by molar-refractivity contribution is 6.30. The van der Waals surface area contributed by atoms with Gasteiger partial charge in [0.25, 0.3) is 0 Å². The predicted molar refractivity (Wildman–Crippen MR) is 89.1 cm³/mol. The molecule has 1 aliphatic carbocycles. The van der Waals surface area contributed by atoms with Crippen molar-refractivity contribution in [2.24, 2.45) is 17.1 Å². The van der Waals surface area contributed by atoms with Crippen LogP contribution in [-0.2, 0) is 11.2 Å². The maximum atomic E-state index is 11.6. The van der Waals surface area contributed by atoms with E-state index >= 15 is 0 Å². The van der Waals surface area contributed by atoms with Crippen LogP contribution in [0.2, 0.25) is 5.02 Å². The van der Waals surface area contributed by atoms with E-state index in [4.69, 9.17) is 22.7 Å². The topological polar surface area (TPSA) is 66.9 Å². The van der Waals surface area contributed by atoms with Gasteiger partial charge in [0.2, 0.25) is 0 Å². The third-order valence-corrected chi connectivity index (χ3v) is 4.23. The van der Waals surface area contributed by atoms with Crippen LogP contribution in [0.15, 0.2) is 18.2 Å². The third-order valence-electron chi connectivity index (χ3n) is 4.01. The number of ketones is 1. The van der Waals surface area contributed by atoms with Crippen molar-refractivity contribution in [1.82, 2.24) is 0 Å². The summed E-state index contributed by atoms with van der Waals surface area (Å²) < 4.78 is 0. The van der Waals surface area contributed by atoms with E-state index in [0.717, 1.165) is 11.4 Å². The molecule has 1 saturated carbocycles. The zero-order chi connectivity index (χ0) is 16.4. The van der Waals surface area contributed by atoms with Crippen LogP contribution in [0.25, 0.3) is 0 Å². The quantitative estimate of drug-likeness (QED) is 0.650. The van der Waals surface area contributed by atoms with Crippen molar-refractivity contribution in [3.63, 3.8) is 0 Å². The summed E-state index contributed by atoms with van der Waals surface area (Å²) in [7, 11) is 0. The lowest BCUT2D eigenvalue weighted by molar-refractivity contribution is -0.118. The van der Waals surface area contributed by atoms with Gasteiger partial charge in [-0.05, 0) is 54.9 Å². The summed E-state index contributed by atoms with van der Waals surface area (Å²) in [6.45, 7) is 9.67. The number of carbonyl (C=O) groups excluding carboxylic acids is 1. The van der Waals surface area contributed by atoms with Crippen LogP contribution in [-0.4, -0.2) is 11.6 Å². The molecule has 116 valence electrons. The van der Waals surface area contributed by atoms with E-state index in [1.165, 1.54) is 18.1 Å². The Hall–Kier alpha value is -1.35. The van der Waals surface area contributed by atoms with Gasteiger partial charge in [-0.25, -0.2) is 0 Å². The number of aryl methyl sites for hydroxylation is 1. The molecule has 4 heteroatoms. The highest BCUT2D eigenvalue weighted by Crippen LogP contribution is 2.64. The zero-order valence-corrected chi connectivity index (χ0v) is 14.2. The number of Topliss-reactive ketones (excluding diaryl/α,β-unsaturated/α-hetero) is 1. The number of carbonyl (C=O) groups is 1. The molecule has 0 bridgehead atoms. The summed E-state index contributed by atoms with van der Waals surface area (Å²) in [5, 5.41) is 7.06. The first-order chi connectivity index (χ1) is 9.61. The van der Waals surface area contributed by atoms with Crippen LogP contribution >= 0.6 is 11.6 Å². The Morgan fingerprint density at radius 2 is 1.86 bits per heavy atom. The van der Waals surface area contributed by atoms with E-state index in [2.05, 4.69) is 26.8 Å². The number of halogens is 1. The monoisotopic (exact) mass is 308 g/mol. The smallest absolute Gasteiger partial charge is 0.134 e. The fraction of sp³-hybridized carbons (Fsp3) is 0.529. The van der Waals surface area contributed by atoms with Crippen molar-refractivity contribution in [1.29, 1.82) is 5.41 Å². The maximum absolute atomic E-state index is 11.6. The van der Waals surface area contributed by atoms with Crippen molar-refractivity contribution in [2.45, 2.75) is 47.0 Å². The van der Waals surface area contributed by atoms with E-state index in [-0.39, 0.29) is 23.0 Å². The molecule has 21 heavy (non-hydrogen) atoms. The molecule has 0 radical (unpaired) electrons. The van der Waals surface area contributed by atoms with Gasteiger partial charge in [0.15, 0.2) is 0 Å². The highest BCUT2D eigenvalue weighted by atomic mass is 35.5. The van der Waals surface area contributed by atoms with Crippen LogP contribution in [0.1, 0.15) is 51.7 Å². The molecule has 2 rings (SSSR count). The van der Waals surface area contributed by atoms with Crippen molar-refractivity contribution in [3.05, 3.63) is 34.3 Å². The minimum atomic E-state index is 0.0848. The molecule has 1 fully saturated rings. The van der Waals surface area contributed by atoms with E-state index in [1.54, 1.807) is 6.92 Å². The number of benzene rings is 1. The molecule has 2 atom stereocenters. The van der Waals surface area contributed by atoms with Crippen LogP contribution in [0, 0.1) is 16.7 Å². The molecule has 0 amide bonds. The van der Waals surface area contributed by atoms with Gasteiger partial charge in [-0.2, -0.15) is 0 Å².